The molecule has 0 atom stereocenters. The van der Waals surface area contributed by atoms with E-state index in [0.717, 1.165) is 11.4 Å². The quantitative estimate of drug-likeness (QED) is 0.552. The van der Waals surface area contributed by atoms with Crippen molar-refractivity contribution in [3.05, 3.63) is 42.0 Å². The van der Waals surface area contributed by atoms with Gasteiger partial charge in [-0.3, -0.25) is 4.79 Å². The van der Waals surface area contributed by atoms with E-state index in [1.807, 2.05) is 6.07 Å². The summed E-state index contributed by atoms with van der Waals surface area (Å²) in [6, 6.07) is 5.33. The van der Waals surface area contributed by atoms with Crippen LogP contribution in [0, 0.1) is 0 Å². The molecule has 0 radical (unpaired) electrons. The van der Waals surface area contributed by atoms with Crippen LogP contribution in [-0.4, -0.2) is 15.8 Å². The predicted molar refractivity (Wildman–Crippen MR) is 66.8 cm³/mol. The highest BCUT2D eigenvalue weighted by atomic mass is 16.1. The number of nitrogens with two attached hydrogens (primary N) is 1. The lowest BCUT2D eigenvalue weighted by Crippen LogP contribution is -2.04. The number of benzene rings is 1. The number of rotatable bonds is 4. The van der Waals surface area contributed by atoms with Crippen molar-refractivity contribution in [2.75, 3.05) is 11.1 Å². The summed E-state index contributed by atoms with van der Waals surface area (Å²) in [5.74, 6) is -0.0345. The fourth-order valence-electron chi connectivity index (χ4n) is 1.55. The first kappa shape index (κ1) is 11.2. The van der Waals surface area contributed by atoms with Gasteiger partial charge in [-0.05, 0) is 25.1 Å². The second kappa shape index (κ2) is 4.69. The normalized spacial score (nSPS) is 10.2. The van der Waals surface area contributed by atoms with Crippen LogP contribution < -0.4 is 11.1 Å². The Labute approximate surface area is 99.1 Å². The van der Waals surface area contributed by atoms with Crippen molar-refractivity contribution >= 4 is 17.2 Å². The van der Waals surface area contributed by atoms with Crippen molar-refractivity contribution in [1.82, 2.24) is 9.97 Å². The lowest BCUT2D eigenvalue weighted by Gasteiger charge is -2.08. The zero-order valence-electron chi connectivity index (χ0n) is 9.53. The van der Waals surface area contributed by atoms with Crippen LogP contribution in [0.15, 0.2) is 30.7 Å². The molecular weight excluding hydrogens is 216 g/mol. The number of H-pyrrole nitrogens is 1. The second-order valence-electron chi connectivity index (χ2n) is 3.79. The Morgan fingerprint density at radius 2 is 2.35 bits per heavy atom. The average molecular weight is 230 g/mol. The molecule has 0 fully saturated rings. The number of carbonyl (C=O) groups is 1. The molecule has 0 amide bonds. The standard InChI is InChI=1S/C12H14N4O/c1-8(17)11-4-9(2-3-12(11)13)15-6-10-5-14-7-16-10/h2-5,7,15H,6,13H2,1H3,(H,14,16). The first-order chi connectivity index (χ1) is 8.16. The van der Waals surface area contributed by atoms with E-state index in [4.69, 9.17) is 5.73 Å². The number of imidazole rings is 1. The molecule has 88 valence electrons. The summed E-state index contributed by atoms with van der Waals surface area (Å²) in [7, 11) is 0. The van der Waals surface area contributed by atoms with Crippen molar-refractivity contribution < 1.29 is 4.79 Å². The van der Waals surface area contributed by atoms with Gasteiger partial charge in [0.05, 0.1) is 18.6 Å². The number of ketones is 1. The van der Waals surface area contributed by atoms with Gasteiger partial charge in [-0.15, -0.1) is 0 Å². The van der Waals surface area contributed by atoms with Crippen LogP contribution in [0.2, 0.25) is 0 Å². The van der Waals surface area contributed by atoms with Crippen molar-refractivity contribution in [1.29, 1.82) is 0 Å². The van der Waals surface area contributed by atoms with Crippen molar-refractivity contribution in [2.45, 2.75) is 13.5 Å². The average Bonchev–Trinajstić information content (AvgIpc) is 2.80. The molecule has 0 aliphatic heterocycles. The summed E-state index contributed by atoms with van der Waals surface area (Å²) in [4.78, 5) is 18.2. The molecule has 1 heterocycles. The maximum Gasteiger partial charge on any atom is 0.161 e. The lowest BCUT2D eigenvalue weighted by atomic mass is 10.1. The molecule has 0 saturated heterocycles. The first-order valence-corrected chi connectivity index (χ1v) is 5.28. The van der Waals surface area contributed by atoms with Gasteiger partial charge in [0, 0.05) is 23.1 Å². The summed E-state index contributed by atoms with van der Waals surface area (Å²) < 4.78 is 0. The van der Waals surface area contributed by atoms with Crippen LogP contribution in [0.25, 0.3) is 0 Å². The highest BCUT2D eigenvalue weighted by molar-refractivity contribution is 5.99. The molecule has 0 aliphatic carbocycles. The number of hydrogen-bond donors (Lipinski definition) is 3. The van der Waals surface area contributed by atoms with E-state index in [2.05, 4.69) is 15.3 Å². The van der Waals surface area contributed by atoms with E-state index in [9.17, 15) is 4.79 Å². The predicted octanol–water partition coefficient (Wildman–Crippen LogP) is 1.81. The van der Waals surface area contributed by atoms with Crippen LogP contribution in [0.1, 0.15) is 23.0 Å². The number of nitrogen functional groups attached to an aromatic ring is 1. The van der Waals surface area contributed by atoms with Crippen LogP contribution in [0.3, 0.4) is 0 Å². The lowest BCUT2D eigenvalue weighted by molar-refractivity contribution is 0.101. The Balaban J connectivity index is 2.11. The summed E-state index contributed by atoms with van der Waals surface area (Å²) in [6.07, 6.45) is 3.37. The van der Waals surface area contributed by atoms with Gasteiger partial charge >= 0.3 is 0 Å². The van der Waals surface area contributed by atoms with Gasteiger partial charge in [-0.2, -0.15) is 0 Å². The van der Waals surface area contributed by atoms with Crippen LogP contribution in [-0.2, 0) is 6.54 Å². The van der Waals surface area contributed by atoms with E-state index in [0.29, 0.717) is 17.8 Å². The van der Waals surface area contributed by atoms with Gasteiger partial charge < -0.3 is 16.0 Å². The molecule has 1 aromatic heterocycles. The minimum atomic E-state index is -0.0345. The molecule has 0 saturated carbocycles. The maximum atomic E-state index is 11.3. The van der Waals surface area contributed by atoms with Crippen LogP contribution >= 0.6 is 0 Å². The molecule has 0 bridgehead atoms. The minimum Gasteiger partial charge on any atom is -0.398 e. The monoisotopic (exact) mass is 230 g/mol. The molecule has 0 spiro atoms. The van der Waals surface area contributed by atoms with E-state index < -0.39 is 0 Å². The Hall–Kier alpha value is -2.30. The number of carbonyl (C=O) groups excluding carboxylic acids is 1. The van der Waals surface area contributed by atoms with E-state index >= 15 is 0 Å². The number of aromatic nitrogens is 2. The molecule has 5 nitrogen and oxygen atoms in total. The van der Waals surface area contributed by atoms with Crippen molar-refractivity contribution in [2.24, 2.45) is 0 Å². The number of nitrogens with zero attached hydrogens (tertiary/aromatic N) is 1. The van der Waals surface area contributed by atoms with Crippen LogP contribution in [0.5, 0.6) is 0 Å². The molecule has 17 heavy (non-hydrogen) atoms. The summed E-state index contributed by atoms with van der Waals surface area (Å²) >= 11 is 0. The number of nitrogens with one attached hydrogen (secondary N) is 2. The fraction of sp³-hybridized carbons (Fsp3) is 0.167. The van der Waals surface area contributed by atoms with Gasteiger partial charge in [0.15, 0.2) is 5.78 Å². The number of anilines is 2. The number of aromatic amines is 1. The Kier molecular flexibility index (Phi) is 3.09. The first-order valence-electron chi connectivity index (χ1n) is 5.28. The topological polar surface area (TPSA) is 83.8 Å². The summed E-state index contributed by atoms with van der Waals surface area (Å²) in [5.41, 5.74) is 8.60. The third-order valence-electron chi connectivity index (χ3n) is 2.47. The van der Waals surface area contributed by atoms with Gasteiger partial charge in [-0.25, -0.2) is 4.98 Å². The van der Waals surface area contributed by atoms with Gasteiger partial charge in [0.2, 0.25) is 0 Å². The van der Waals surface area contributed by atoms with Gasteiger partial charge in [-0.1, -0.05) is 0 Å². The Morgan fingerprint density at radius 3 is 3.00 bits per heavy atom. The second-order valence-corrected chi connectivity index (χ2v) is 3.79. The highest BCUT2D eigenvalue weighted by Gasteiger charge is 2.05. The van der Waals surface area contributed by atoms with E-state index in [1.165, 1.54) is 6.92 Å². The largest absolute Gasteiger partial charge is 0.398 e. The smallest absolute Gasteiger partial charge is 0.161 e. The van der Waals surface area contributed by atoms with E-state index in [1.54, 1.807) is 24.7 Å². The van der Waals surface area contributed by atoms with Gasteiger partial charge in [0.1, 0.15) is 0 Å². The number of hydrogen-bond acceptors (Lipinski definition) is 4. The van der Waals surface area contributed by atoms with Crippen molar-refractivity contribution in [3.8, 4) is 0 Å². The minimum absolute atomic E-state index is 0.0345. The molecular formula is C12H14N4O. The molecule has 0 aliphatic rings. The maximum absolute atomic E-state index is 11.3. The number of Topliss-reactive ketones (excluding diaryl/α,β-unsaturated/α-hetero) is 1. The summed E-state index contributed by atoms with van der Waals surface area (Å²) in [5, 5.41) is 3.19. The fourth-order valence-corrected chi connectivity index (χ4v) is 1.55. The molecule has 4 N–H and O–H groups in total. The summed E-state index contributed by atoms with van der Waals surface area (Å²) in [6.45, 7) is 2.13. The Bertz CT molecular complexity index is 519. The zero-order chi connectivity index (χ0) is 12.3. The molecule has 1 aromatic carbocycles. The molecule has 2 rings (SSSR count). The van der Waals surface area contributed by atoms with Gasteiger partial charge in [0.25, 0.3) is 0 Å². The SMILES string of the molecule is CC(=O)c1cc(NCc2cnc[nH]2)ccc1N. The third-order valence-corrected chi connectivity index (χ3v) is 2.47. The molecule has 2 aromatic rings. The highest BCUT2D eigenvalue weighted by Crippen LogP contribution is 2.18. The molecule has 0 unspecified atom stereocenters. The van der Waals surface area contributed by atoms with Crippen LogP contribution in [0.4, 0.5) is 11.4 Å². The van der Waals surface area contributed by atoms with E-state index in [-0.39, 0.29) is 5.78 Å². The zero-order valence-corrected chi connectivity index (χ0v) is 9.53. The Morgan fingerprint density at radius 1 is 1.53 bits per heavy atom. The van der Waals surface area contributed by atoms with Crippen molar-refractivity contribution in [3.63, 3.8) is 0 Å². The molecule has 5 heteroatoms. The third kappa shape index (κ3) is 2.63.